The fourth-order valence-corrected chi connectivity index (χ4v) is 0. The van der Waals surface area contributed by atoms with Crippen LogP contribution in [0.25, 0.3) is 0 Å². The van der Waals surface area contributed by atoms with Crippen molar-refractivity contribution in [2.24, 2.45) is 5.14 Å². The lowest BCUT2D eigenvalue weighted by atomic mass is 10.5. The van der Waals surface area contributed by atoms with Gasteiger partial charge in [0.15, 0.2) is 0 Å². The van der Waals surface area contributed by atoms with Gasteiger partial charge in [-0.05, 0) is 13.8 Å². The van der Waals surface area contributed by atoms with Crippen molar-refractivity contribution >= 4 is 22.7 Å². The minimum Gasteiger partial charge on any atom is -0.228 e. The Morgan fingerprint density at radius 1 is 1.50 bits per heavy atom. The Kier molecular flexibility index (Phi) is 1.95. The number of thiol groups is 1. The van der Waals surface area contributed by atoms with Gasteiger partial charge >= 0.3 is 0 Å². The second-order valence-corrected chi connectivity index (χ2v) is 5.52. The third-order valence-corrected chi connectivity index (χ3v) is 2.85. The Hall–Kier alpha value is 0.260. The first-order chi connectivity index (χ1) is 3.25. The molecule has 0 aliphatic heterocycles. The van der Waals surface area contributed by atoms with Crippen molar-refractivity contribution in [1.82, 2.24) is 0 Å². The number of hydrogen-bond acceptors (Lipinski definition) is 3. The summed E-state index contributed by atoms with van der Waals surface area (Å²) >= 11 is 3.72. The molecule has 0 rings (SSSR count). The maximum absolute atomic E-state index is 10.4. The Morgan fingerprint density at radius 3 is 1.62 bits per heavy atom. The number of hydrogen-bond donors (Lipinski definition) is 2. The number of rotatable bonds is 1. The molecule has 0 aliphatic carbocycles. The monoisotopic (exact) mass is 155 g/mol. The topological polar surface area (TPSA) is 60.2 Å². The van der Waals surface area contributed by atoms with E-state index in [0.29, 0.717) is 0 Å². The van der Waals surface area contributed by atoms with Crippen molar-refractivity contribution in [3.05, 3.63) is 0 Å². The third kappa shape index (κ3) is 2.02. The van der Waals surface area contributed by atoms with Crippen LogP contribution < -0.4 is 5.14 Å². The lowest BCUT2D eigenvalue weighted by molar-refractivity contribution is 0.584. The summed E-state index contributed by atoms with van der Waals surface area (Å²) < 4.78 is 19.6. The van der Waals surface area contributed by atoms with Crippen molar-refractivity contribution in [3.63, 3.8) is 0 Å². The highest BCUT2D eigenvalue weighted by atomic mass is 32.3. The molecule has 50 valence electrons. The van der Waals surface area contributed by atoms with E-state index in [-0.39, 0.29) is 0 Å². The molecule has 5 heteroatoms. The fraction of sp³-hybridized carbons (Fsp3) is 1.00. The summed E-state index contributed by atoms with van der Waals surface area (Å²) in [5.74, 6) is 0. The van der Waals surface area contributed by atoms with E-state index in [2.05, 4.69) is 12.6 Å². The van der Waals surface area contributed by atoms with Gasteiger partial charge in [-0.15, -0.1) is 0 Å². The first kappa shape index (κ1) is 8.26. The third-order valence-electron chi connectivity index (χ3n) is 0.696. The molecule has 3 nitrogen and oxygen atoms in total. The zero-order valence-electron chi connectivity index (χ0n) is 4.75. The average Bonchev–Trinajstić information content (AvgIpc) is 1.25. The summed E-state index contributed by atoms with van der Waals surface area (Å²) in [6, 6.07) is 0. The van der Waals surface area contributed by atoms with Crippen LogP contribution in [-0.2, 0) is 10.0 Å². The molecule has 0 atom stereocenters. The highest BCUT2D eigenvalue weighted by Gasteiger charge is 2.25. The van der Waals surface area contributed by atoms with Crippen LogP contribution in [0.4, 0.5) is 0 Å². The summed E-state index contributed by atoms with van der Waals surface area (Å²) in [6.45, 7) is 2.84. The second-order valence-electron chi connectivity index (χ2n) is 1.99. The predicted octanol–water partition coefficient (Wildman–Crippen LogP) is -0.0592. The summed E-state index contributed by atoms with van der Waals surface area (Å²) in [5, 5.41) is 4.71. The van der Waals surface area contributed by atoms with E-state index in [1.807, 2.05) is 0 Å². The molecule has 0 saturated carbocycles. The van der Waals surface area contributed by atoms with Crippen LogP contribution in [-0.4, -0.2) is 12.5 Å². The van der Waals surface area contributed by atoms with Gasteiger partial charge in [-0.25, -0.2) is 13.6 Å². The maximum Gasteiger partial charge on any atom is 0.223 e. The van der Waals surface area contributed by atoms with Crippen molar-refractivity contribution in [2.45, 2.75) is 17.9 Å². The highest BCUT2D eigenvalue weighted by molar-refractivity contribution is 8.04. The van der Waals surface area contributed by atoms with E-state index >= 15 is 0 Å². The van der Waals surface area contributed by atoms with Gasteiger partial charge in [-0.2, -0.15) is 12.6 Å². The summed E-state index contributed by atoms with van der Waals surface area (Å²) in [4.78, 5) is 0. The van der Waals surface area contributed by atoms with Crippen LogP contribution in [0.5, 0.6) is 0 Å². The minimum atomic E-state index is -3.48. The molecule has 0 fully saturated rings. The predicted molar refractivity (Wildman–Crippen MR) is 36.2 cm³/mol. The Bertz CT molecular complexity index is 164. The molecule has 2 N–H and O–H groups in total. The molecule has 8 heavy (non-hydrogen) atoms. The van der Waals surface area contributed by atoms with Crippen LogP contribution >= 0.6 is 12.6 Å². The Balaban J connectivity index is 4.53. The van der Waals surface area contributed by atoms with Crippen LogP contribution in [0.3, 0.4) is 0 Å². The molecule has 0 aliphatic rings. The van der Waals surface area contributed by atoms with Crippen LogP contribution in [0.2, 0.25) is 0 Å². The van der Waals surface area contributed by atoms with Crippen molar-refractivity contribution in [2.75, 3.05) is 0 Å². The van der Waals surface area contributed by atoms with Crippen LogP contribution in [0, 0.1) is 0 Å². The smallest absolute Gasteiger partial charge is 0.223 e. The van der Waals surface area contributed by atoms with Gasteiger partial charge < -0.3 is 0 Å². The van der Waals surface area contributed by atoms with Gasteiger partial charge in [-0.3, -0.25) is 0 Å². The lowest BCUT2D eigenvalue weighted by Crippen LogP contribution is -2.32. The number of primary sulfonamides is 1. The number of nitrogens with two attached hydrogens (primary N) is 1. The standard InChI is InChI=1S/C3H9NO2S2/c1-3(2,7)8(4,5)6/h7H,1-2H3,(H2,4,5,6). The number of sulfonamides is 1. The maximum atomic E-state index is 10.4. The van der Waals surface area contributed by atoms with Gasteiger partial charge in [0.05, 0.1) is 0 Å². The highest BCUT2D eigenvalue weighted by Crippen LogP contribution is 2.15. The molecule has 0 aromatic rings. The van der Waals surface area contributed by atoms with Crippen molar-refractivity contribution in [3.8, 4) is 0 Å². The van der Waals surface area contributed by atoms with E-state index in [9.17, 15) is 8.42 Å². The van der Waals surface area contributed by atoms with E-state index in [4.69, 9.17) is 5.14 Å². The molecule has 0 unspecified atom stereocenters. The van der Waals surface area contributed by atoms with Gasteiger partial charge in [0.1, 0.15) is 4.08 Å². The van der Waals surface area contributed by atoms with Gasteiger partial charge in [0.25, 0.3) is 0 Å². The molecule has 0 bridgehead atoms. The van der Waals surface area contributed by atoms with E-state index < -0.39 is 14.1 Å². The molecular weight excluding hydrogens is 146 g/mol. The van der Waals surface area contributed by atoms with E-state index in [1.54, 1.807) is 0 Å². The zero-order valence-corrected chi connectivity index (χ0v) is 6.46. The zero-order chi connectivity index (χ0) is 7.00. The summed E-state index contributed by atoms with van der Waals surface area (Å²) in [6.07, 6.45) is 0. The second kappa shape index (κ2) is 1.89. The van der Waals surface area contributed by atoms with E-state index in [0.717, 1.165) is 0 Å². The quantitative estimate of drug-likeness (QED) is 0.521. The summed E-state index contributed by atoms with van der Waals surface area (Å²) in [5.41, 5.74) is 0. The van der Waals surface area contributed by atoms with Gasteiger partial charge in [-0.1, -0.05) is 0 Å². The van der Waals surface area contributed by atoms with Gasteiger partial charge in [0, 0.05) is 0 Å². The van der Waals surface area contributed by atoms with Crippen LogP contribution in [0.1, 0.15) is 13.8 Å². The SMILES string of the molecule is CC(C)(S)S(N)(=O)=O. The minimum absolute atomic E-state index is 1.12. The fourth-order valence-electron chi connectivity index (χ4n) is 0. The largest absolute Gasteiger partial charge is 0.228 e. The Morgan fingerprint density at radius 2 is 1.62 bits per heavy atom. The first-order valence-electron chi connectivity index (χ1n) is 2.00. The Labute approximate surface area is 54.7 Å². The average molecular weight is 155 g/mol. The molecule has 0 aromatic heterocycles. The van der Waals surface area contributed by atoms with Crippen molar-refractivity contribution < 1.29 is 8.42 Å². The lowest BCUT2D eigenvalue weighted by Gasteiger charge is -2.12. The molecule has 0 heterocycles. The summed E-state index contributed by atoms with van der Waals surface area (Å²) in [7, 11) is -3.48. The van der Waals surface area contributed by atoms with Crippen LogP contribution in [0.15, 0.2) is 0 Å². The molecule has 0 spiro atoms. The normalized spacial score (nSPS) is 14.0. The van der Waals surface area contributed by atoms with E-state index in [1.165, 1.54) is 13.8 Å². The molecule has 0 radical (unpaired) electrons. The first-order valence-corrected chi connectivity index (χ1v) is 3.99. The molecule has 0 saturated heterocycles. The van der Waals surface area contributed by atoms with Gasteiger partial charge in [0.2, 0.25) is 10.0 Å². The molecule has 0 amide bonds. The molecule has 0 aromatic carbocycles. The van der Waals surface area contributed by atoms with Crippen molar-refractivity contribution in [1.29, 1.82) is 0 Å². The molecular formula is C3H9NO2S2.